The molecule has 0 saturated heterocycles. The zero-order valence-electron chi connectivity index (χ0n) is 11.9. The van der Waals surface area contributed by atoms with Crippen LogP contribution < -0.4 is 0 Å². The Hall–Kier alpha value is -1.77. The highest BCUT2D eigenvalue weighted by Crippen LogP contribution is 2.55. The second kappa shape index (κ2) is 4.11. The Labute approximate surface area is 118 Å². The van der Waals surface area contributed by atoms with Gasteiger partial charge in [0.25, 0.3) is 5.78 Å². The fourth-order valence-corrected chi connectivity index (χ4v) is 4.00. The maximum absolute atomic E-state index is 12.3. The van der Waals surface area contributed by atoms with Crippen LogP contribution in [0.4, 0.5) is 0 Å². The molecule has 0 aromatic carbocycles. The largest absolute Gasteiger partial charge is 0.290 e. The third kappa shape index (κ3) is 1.43. The molecule has 5 unspecified atom stereocenters. The molecule has 3 rings (SSSR count). The van der Waals surface area contributed by atoms with E-state index in [1.54, 1.807) is 6.92 Å². The second-order valence-corrected chi connectivity index (χ2v) is 6.35. The Bertz CT molecular complexity index is 608. The van der Waals surface area contributed by atoms with Gasteiger partial charge in [-0.3, -0.25) is 14.4 Å². The van der Waals surface area contributed by atoms with Crippen molar-refractivity contribution in [2.24, 2.45) is 29.1 Å². The van der Waals surface area contributed by atoms with E-state index in [1.165, 1.54) is 0 Å². The summed E-state index contributed by atoms with van der Waals surface area (Å²) in [6.45, 7) is 5.85. The molecule has 0 aromatic heterocycles. The van der Waals surface area contributed by atoms with E-state index >= 15 is 0 Å². The van der Waals surface area contributed by atoms with E-state index in [-0.39, 0.29) is 11.8 Å². The van der Waals surface area contributed by atoms with Crippen molar-refractivity contribution in [2.75, 3.05) is 0 Å². The monoisotopic (exact) mass is 270 g/mol. The summed E-state index contributed by atoms with van der Waals surface area (Å²) >= 11 is 0. The Morgan fingerprint density at radius 3 is 2.45 bits per heavy atom. The van der Waals surface area contributed by atoms with Crippen LogP contribution in [0.15, 0.2) is 36.0 Å². The minimum atomic E-state index is -0.821. The molecule has 3 nitrogen and oxygen atoms in total. The fourth-order valence-electron chi connectivity index (χ4n) is 4.00. The van der Waals surface area contributed by atoms with E-state index < -0.39 is 34.6 Å². The summed E-state index contributed by atoms with van der Waals surface area (Å²) in [5.41, 5.74) is 0.608. The van der Waals surface area contributed by atoms with Gasteiger partial charge in [-0.25, -0.2) is 0 Å². The van der Waals surface area contributed by atoms with Crippen LogP contribution in [0.2, 0.25) is 0 Å². The number of Topliss-reactive ketones (excluding diaryl/α,β-unsaturated/α-hetero) is 3. The highest BCUT2D eigenvalue weighted by atomic mass is 16.2. The molecule has 0 bridgehead atoms. The van der Waals surface area contributed by atoms with Crippen molar-refractivity contribution in [1.29, 1.82) is 0 Å². The predicted molar refractivity (Wildman–Crippen MR) is 74.8 cm³/mol. The molecule has 0 amide bonds. The van der Waals surface area contributed by atoms with E-state index in [2.05, 4.69) is 13.0 Å². The van der Waals surface area contributed by atoms with E-state index in [0.29, 0.717) is 0 Å². The number of rotatable bonds is 0. The molecule has 5 atom stereocenters. The zero-order chi connectivity index (χ0) is 14.7. The van der Waals surface area contributed by atoms with Crippen molar-refractivity contribution >= 4 is 17.3 Å². The second-order valence-electron chi connectivity index (χ2n) is 6.35. The first kappa shape index (κ1) is 13.2. The normalized spacial score (nSPS) is 43.1. The molecule has 0 heterocycles. The van der Waals surface area contributed by atoms with Crippen LogP contribution in [0.5, 0.6) is 0 Å². The first-order valence-electron chi connectivity index (χ1n) is 7.08. The molecule has 0 spiro atoms. The average Bonchev–Trinajstić information content (AvgIpc) is 2.46. The Morgan fingerprint density at radius 1 is 1.05 bits per heavy atom. The molecule has 0 aromatic rings. The smallest absolute Gasteiger partial charge is 0.265 e. The van der Waals surface area contributed by atoms with E-state index in [9.17, 15) is 14.4 Å². The van der Waals surface area contributed by atoms with Gasteiger partial charge in [-0.1, -0.05) is 51.2 Å². The molecule has 3 aliphatic rings. The lowest BCUT2D eigenvalue weighted by Gasteiger charge is -2.52. The van der Waals surface area contributed by atoms with Gasteiger partial charge in [-0.2, -0.15) is 0 Å². The summed E-state index contributed by atoms with van der Waals surface area (Å²) < 4.78 is 0. The summed E-state index contributed by atoms with van der Waals surface area (Å²) in [7, 11) is 0. The number of ketones is 3. The standard InChI is InChI=1S/C17H18O3/c1-9-12-7-5-4-6-11(12)8-13-15(19)16(20)14(18)10(2)17(9,13)3/h4-10,12-13H,1-3H3. The van der Waals surface area contributed by atoms with E-state index in [4.69, 9.17) is 0 Å². The first-order valence-corrected chi connectivity index (χ1v) is 7.08. The third-order valence-electron chi connectivity index (χ3n) is 5.71. The molecule has 20 heavy (non-hydrogen) atoms. The number of hydrogen-bond donors (Lipinski definition) is 0. The number of hydrogen-bond acceptors (Lipinski definition) is 3. The lowest BCUT2D eigenvalue weighted by Crippen LogP contribution is -2.58. The summed E-state index contributed by atoms with van der Waals surface area (Å²) in [5.74, 6) is -2.39. The van der Waals surface area contributed by atoms with Crippen molar-refractivity contribution in [3.05, 3.63) is 36.0 Å². The van der Waals surface area contributed by atoms with Crippen LogP contribution in [0.3, 0.4) is 0 Å². The number of carbonyl (C=O) groups excluding carboxylic acids is 3. The molecule has 1 fully saturated rings. The fraction of sp³-hybridized carbons (Fsp3) is 0.471. The molecule has 0 N–H and O–H groups in total. The summed E-state index contributed by atoms with van der Waals surface area (Å²) in [5, 5.41) is 0. The summed E-state index contributed by atoms with van der Waals surface area (Å²) in [4.78, 5) is 36.2. The molecular formula is C17H18O3. The summed E-state index contributed by atoms with van der Waals surface area (Å²) in [6, 6.07) is 0. The van der Waals surface area contributed by atoms with Gasteiger partial charge < -0.3 is 0 Å². The topological polar surface area (TPSA) is 51.2 Å². The van der Waals surface area contributed by atoms with Gasteiger partial charge >= 0.3 is 0 Å². The highest BCUT2D eigenvalue weighted by Gasteiger charge is 2.59. The maximum Gasteiger partial charge on any atom is 0.265 e. The van der Waals surface area contributed by atoms with Crippen LogP contribution in [-0.4, -0.2) is 17.3 Å². The summed E-state index contributed by atoms with van der Waals surface area (Å²) in [6.07, 6.45) is 9.98. The quantitative estimate of drug-likeness (QED) is 0.635. The Balaban J connectivity index is 2.19. The molecule has 3 aliphatic carbocycles. The van der Waals surface area contributed by atoms with Crippen molar-refractivity contribution in [2.45, 2.75) is 20.8 Å². The molecule has 0 radical (unpaired) electrons. The van der Waals surface area contributed by atoms with E-state index in [0.717, 1.165) is 5.57 Å². The number of carbonyl (C=O) groups is 3. The third-order valence-corrected chi connectivity index (χ3v) is 5.71. The number of allylic oxidation sites excluding steroid dienone is 6. The average molecular weight is 270 g/mol. The molecule has 104 valence electrons. The Morgan fingerprint density at radius 2 is 1.75 bits per heavy atom. The molecule has 1 saturated carbocycles. The van der Waals surface area contributed by atoms with Crippen LogP contribution in [-0.2, 0) is 14.4 Å². The van der Waals surface area contributed by atoms with Crippen molar-refractivity contribution < 1.29 is 14.4 Å². The lowest BCUT2D eigenvalue weighted by atomic mass is 9.49. The van der Waals surface area contributed by atoms with Crippen molar-refractivity contribution in [1.82, 2.24) is 0 Å². The van der Waals surface area contributed by atoms with Gasteiger partial charge in [0.15, 0.2) is 0 Å². The molecule has 0 aliphatic heterocycles. The van der Waals surface area contributed by atoms with Crippen LogP contribution in [0.1, 0.15) is 20.8 Å². The van der Waals surface area contributed by atoms with Crippen LogP contribution in [0, 0.1) is 29.1 Å². The van der Waals surface area contributed by atoms with E-state index in [1.807, 2.05) is 31.2 Å². The van der Waals surface area contributed by atoms with Gasteiger partial charge in [0.05, 0.1) is 5.92 Å². The maximum atomic E-state index is 12.3. The van der Waals surface area contributed by atoms with Gasteiger partial charge in [0, 0.05) is 11.8 Å². The van der Waals surface area contributed by atoms with Gasteiger partial charge in [-0.05, 0) is 16.9 Å². The first-order chi connectivity index (χ1) is 9.39. The minimum absolute atomic E-state index is 0.143. The minimum Gasteiger partial charge on any atom is -0.290 e. The van der Waals surface area contributed by atoms with Gasteiger partial charge in [0.2, 0.25) is 11.6 Å². The number of fused-ring (bicyclic) bond motifs is 2. The van der Waals surface area contributed by atoms with Gasteiger partial charge in [-0.15, -0.1) is 0 Å². The Kier molecular flexibility index (Phi) is 2.72. The molecular weight excluding hydrogens is 252 g/mol. The molecule has 3 heteroatoms. The lowest BCUT2D eigenvalue weighted by molar-refractivity contribution is -0.158. The zero-order valence-corrected chi connectivity index (χ0v) is 11.9. The van der Waals surface area contributed by atoms with Crippen LogP contribution in [0.25, 0.3) is 0 Å². The predicted octanol–water partition coefficient (Wildman–Crippen LogP) is 2.28. The van der Waals surface area contributed by atoms with Gasteiger partial charge in [0.1, 0.15) is 0 Å². The highest BCUT2D eigenvalue weighted by molar-refractivity contribution is 6.65. The van der Waals surface area contributed by atoms with Crippen molar-refractivity contribution in [3.8, 4) is 0 Å². The van der Waals surface area contributed by atoms with Crippen LogP contribution >= 0.6 is 0 Å². The van der Waals surface area contributed by atoms with Crippen molar-refractivity contribution in [3.63, 3.8) is 0 Å². The SMILES string of the molecule is CC1C(=O)C(=O)C(=O)C2C=C3C=CC=CC3C(C)C12C.